The Bertz CT molecular complexity index is 988. The van der Waals surface area contributed by atoms with Crippen molar-refractivity contribution in [1.82, 2.24) is 9.62 Å². The molecule has 0 aliphatic carbocycles. The minimum atomic E-state index is -3.48. The molecule has 1 atom stereocenters. The van der Waals surface area contributed by atoms with Crippen LogP contribution in [0.3, 0.4) is 0 Å². The molecular weight excluding hydrogens is 424 g/mol. The van der Waals surface area contributed by atoms with Crippen LogP contribution in [0.15, 0.2) is 48.5 Å². The molecule has 0 saturated carbocycles. The number of carbonyl (C=O) groups is 1. The highest BCUT2D eigenvalue weighted by Gasteiger charge is 2.32. The normalized spacial score (nSPS) is 16.8. The molecule has 1 amide bonds. The first-order valence-corrected chi connectivity index (χ1v) is 11.9. The van der Waals surface area contributed by atoms with Crippen molar-refractivity contribution in [2.24, 2.45) is 5.92 Å². The monoisotopic (exact) mass is 450 g/mol. The van der Waals surface area contributed by atoms with Gasteiger partial charge in [0.2, 0.25) is 15.9 Å². The van der Waals surface area contributed by atoms with Gasteiger partial charge in [-0.05, 0) is 37.5 Å². The molecule has 2 aromatic rings. The van der Waals surface area contributed by atoms with E-state index in [4.69, 9.17) is 16.3 Å². The number of sulfonamides is 1. The Kier molecular flexibility index (Phi) is 7.39. The first kappa shape index (κ1) is 22.6. The molecule has 0 aromatic heterocycles. The van der Waals surface area contributed by atoms with Gasteiger partial charge in [0, 0.05) is 29.6 Å². The van der Waals surface area contributed by atoms with Gasteiger partial charge in [0.05, 0.1) is 18.9 Å². The zero-order valence-electron chi connectivity index (χ0n) is 17.2. The molecule has 3 rings (SSSR count). The molecule has 0 spiro atoms. The van der Waals surface area contributed by atoms with Gasteiger partial charge in [-0.3, -0.25) is 4.79 Å². The molecule has 1 aliphatic heterocycles. The van der Waals surface area contributed by atoms with E-state index in [1.807, 2.05) is 31.2 Å². The van der Waals surface area contributed by atoms with Gasteiger partial charge in [0.1, 0.15) is 5.75 Å². The molecule has 162 valence electrons. The number of amides is 1. The number of piperidine rings is 1. The van der Waals surface area contributed by atoms with Crippen LogP contribution in [0, 0.1) is 5.92 Å². The van der Waals surface area contributed by atoms with E-state index in [2.05, 4.69) is 5.32 Å². The number of rotatable bonds is 7. The SMILES string of the molecule is COc1ccccc1[C@H](C)NC(=O)C1CCN(S(=O)(=O)Cc2ccccc2Cl)CC1. The average molecular weight is 451 g/mol. The van der Waals surface area contributed by atoms with Crippen molar-refractivity contribution in [3.63, 3.8) is 0 Å². The lowest BCUT2D eigenvalue weighted by molar-refractivity contribution is -0.126. The van der Waals surface area contributed by atoms with E-state index in [-0.39, 0.29) is 23.6 Å². The van der Waals surface area contributed by atoms with Crippen LogP contribution in [0.2, 0.25) is 5.02 Å². The number of nitrogens with one attached hydrogen (secondary N) is 1. The topological polar surface area (TPSA) is 75.7 Å². The second-order valence-electron chi connectivity index (χ2n) is 7.49. The maximum Gasteiger partial charge on any atom is 0.223 e. The highest BCUT2D eigenvalue weighted by Crippen LogP contribution is 2.27. The lowest BCUT2D eigenvalue weighted by Gasteiger charge is -2.31. The Balaban J connectivity index is 1.57. The zero-order valence-corrected chi connectivity index (χ0v) is 18.7. The molecule has 1 saturated heterocycles. The number of hydrogen-bond acceptors (Lipinski definition) is 4. The number of para-hydroxylation sites is 1. The molecular formula is C22H27ClN2O4S. The summed E-state index contributed by atoms with van der Waals surface area (Å²) in [5.41, 5.74) is 1.50. The molecule has 0 unspecified atom stereocenters. The molecule has 0 bridgehead atoms. The number of methoxy groups -OCH3 is 1. The first-order chi connectivity index (χ1) is 14.3. The van der Waals surface area contributed by atoms with Crippen molar-refractivity contribution in [3.8, 4) is 5.75 Å². The van der Waals surface area contributed by atoms with Crippen molar-refractivity contribution in [1.29, 1.82) is 0 Å². The van der Waals surface area contributed by atoms with Gasteiger partial charge in [0.25, 0.3) is 0 Å². The van der Waals surface area contributed by atoms with Crippen LogP contribution in [0.1, 0.15) is 36.9 Å². The van der Waals surface area contributed by atoms with Gasteiger partial charge >= 0.3 is 0 Å². The number of carbonyl (C=O) groups excluding carboxylic acids is 1. The standard InChI is InChI=1S/C22H27ClN2O4S/c1-16(19-8-4-6-10-21(19)29-2)24-22(26)17-11-13-25(14-12-17)30(27,28)15-18-7-3-5-9-20(18)23/h3-10,16-17H,11-15H2,1-2H3,(H,24,26)/t16-/m0/s1. The number of nitrogens with zero attached hydrogens (tertiary/aromatic N) is 1. The largest absolute Gasteiger partial charge is 0.496 e. The van der Waals surface area contributed by atoms with Crippen LogP contribution < -0.4 is 10.1 Å². The summed E-state index contributed by atoms with van der Waals surface area (Å²) in [5, 5.41) is 3.48. The predicted molar refractivity (Wildman–Crippen MR) is 118 cm³/mol. The Morgan fingerprint density at radius 1 is 1.17 bits per heavy atom. The molecule has 0 radical (unpaired) electrons. The summed E-state index contributed by atoms with van der Waals surface area (Å²) in [7, 11) is -1.88. The predicted octanol–water partition coefficient (Wildman–Crippen LogP) is 3.77. The fourth-order valence-corrected chi connectivity index (χ4v) is 5.61. The minimum absolute atomic E-state index is 0.0587. The third-order valence-electron chi connectivity index (χ3n) is 5.48. The van der Waals surface area contributed by atoms with E-state index < -0.39 is 10.0 Å². The van der Waals surface area contributed by atoms with Crippen molar-refractivity contribution in [2.75, 3.05) is 20.2 Å². The molecule has 2 aromatic carbocycles. The summed E-state index contributed by atoms with van der Waals surface area (Å²) in [5.74, 6) is 0.324. The van der Waals surface area contributed by atoms with Crippen LogP contribution in [-0.2, 0) is 20.6 Å². The second-order valence-corrected chi connectivity index (χ2v) is 9.87. The highest BCUT2D eigenvalue weighted by molar-refractivity contribution is 7.88. The minimum Gasteiger partial charge on any atom is -0.496 e. The Morgan fingerprint density at radius 2 is 1.80 bits per heavy atom. The van der Waals surface area contributed by atoms with Gasteiger partial charge in [-0.2, -0.15) is 0 Å². The average Bonchev–Trinajstić information content (AvgIpc) is 2.75. The summed E-state index contributed by atoms with van der Waals surface area (Å²) in [6, 6.07) is 14.3. The summed E-state index contributed by atoms with van der Waals surface area (Å²) in [4.78, 5) is 12.7. The Morgan fingerprint density at radius 3 is 2.47 bits per heavy atom. The smallest absolute Gasteiger partial charge is 0.223 e. The molecule has 1 N–H and O–H groups in total. The molecule has 1 heterocycles. The third kappa shape index (κ3) is 5.33. The van der Waals surface area contributed by atoms with Gasteiger partial charge < -0.3 is 10.1 Å². The van der Waals surface area contributed by atoms with Crippen molar-refractivity contribution < 1.29 is 17.9 Å². The van der Waals surface area contributed by atoms with Crippen LogP contribution in [-0.4, -0.2) is 38.8 Å². The van der Waals surface area contributed by atoms with Crippen molar-refractivity contribution in [3.05, 3.63) is 64.7 Å². The van der Waals surface area contributed by atoms with Crippen LogP contribution in [0.5, 0.6) is 5.75 Å². The van der Waals surface area contributed by atoms with Crippen LogP contribution in [0.25, 0.3) is 0 Å². The molecule has 1 aliphatic rings. The number of halogens is 1. The first-order valence-electron chi connectivity index (χ1n) is 9.96. The fourth-order valence-electron chi connectivity index (χ4n) is 3.73. The summed E-state index contributed by atoms with van der Waals surface area (Å²) in [6.45, 7) is 2.57. The lowest BCUT2D eigenvalue weighted by atomic mass is 9.96. The summed E-state index contributed by atoms with van der Waals surface area (Å²) < 4.78 is 32.4. The maximum absolute atomic E-state index is 12.8. The number of benzene rings is 2. The van der Waals surface area contributed by atoms with E-state index >= 15 is 0 Å². The quantitative estimate of drug-likeness (QED) is 0.696. The maximum atomic E-state index is 12.8. The lowest BCUT2D eigenvalue weighted by Crippen LogP contribution is -2.43. The van der Waals surface area contributed by atoms with E-state index in [9.17, 15) is 13.2 Å². The molecule has 6 nitrogen and oxygen atoms in total. The van der Waals surface area contributed by atoms with Crippen molar-refractivity contribution in [2.45, 2.75) is 31.6 Å². The van der Waals surface area contributed by atoms with Crippen molar-refractivity contribution >= 4 is 27.5 Å². The molecule has 1 fully saturated rings. The molecule has 8 heteroatoms. The Hall–Kier alpha value is -2.09. The van der Waals surface area contributed by atoms with E-state index in [1.165, 1.54) is 4.31 Å². The summed E-state index contributed by atoms with van der Waals surface area (Å²) in [6.07, 6.45) is 0.985. The van der Waals surface area contributed by atoms with Gasteiger partial charge in [-0.15, -0.1) is 0 Å². The summed E-state index contributed by atoms with van der Waals surface area (Å²) >= 11 is 6.11. The van der Waals surface area contributed by atoms with E-state index in [0.29, 0.717) is 36.5 Å². The molecule has 30 heavy (non-hydrogen) atoms. The Labute approximate surface area is 183 Å². The van der Waals surface area contributed by atoms with Crippen LogP contribution in [0.4, 0.5) is 0 Å². The number of hydrogen-bond donors (Lipinski definition) is 1. The van der Waals surface area contributed by atoms with Crippen LogP contribution >= 0.6 is 11.6 Å². The number of ether oxygens (including phenoxy) is 1. The van der Waals surface area contributed by atoms with E-state index in [1.54, 1.807) is 31.4 Å². The van der Waals surface area contributed by atoms with E-state index in [0.717, 1.165) is 11.3 Å². The highest BCUT2D eigenvalue weighted by atomic mass is 35.5. The van der Waals surface area contributed by atoms with Gasteiger partial charge in [0.15, 0.2) is 0 Å². The van der Waals surface area contributed by atoms with Gasteiger partial charge in [-0.25, -0.2) is 12.7 Å². The zero-order chi connectivity index (χ0) is 21.7. The third-order valence-corrected chi connectivity index (χ3v) is 7.67. The fraction of sp³-hybridized carbons (Fsp3) is 0.409. The second kappa shape index (κ2) is 9.81. The van der Waals surface area contributed by atoms with Gasteiger partial charge in [-0.1, -0.05) is 48.0 Å².